The van der Waals surface area contributed by atoms with Crippen LogP contribution in [-0.4, -0.2) is 64.0 Å². The Hall–Kier alpha value is -3.50. The fourth-order valence-electron chi connectivity index (χ4n) is 4.51. The van der Waals surface area contributed by atoms with E-state index in [9.17, 15) is 14.4 Å². The Balaban J connectivity index is 1.34. The minimum Gasteiger partial charge on any atom is -0.459 e. The van der Waals surface area contributed by atoms with Crippen molar-refractivity contribution in [2.45, 2.75) is 31.2 Å². The molecule has 3 aromatic heterocycles. The highest BCUT2D eigenvalue weighted by molar-refractivity contribution is 7.12. The Morgan fingerprint density at radius 3 is 2.56 bits per heavy atom. The molecule has 2 aliphatic rings. The molecule has 1 N–H and O–H groups in total. The molecule has 0 bridgehead atoms. The van der Waals surface area contributed by atoms with Gasteiger partial charge in [-0.05, 0) is 41.3 Å². The van der Waals surface area contributed by atoms with Gasteiger partial charge in [0.25, 0.3) is 11.8 Å². The number of hydrogen-bond donors (Lipinski definition) is 1. The molecule has 10 heteroatoms. The summed E-state index contributed by atoms with van der Waals surface area (Å²) in [5.41, 5.74) is -0.0734. The Labute approximate surface area is 200 Å². The normalized spacial score (nSPS) is 19.4. The maximum atomic E-state index is 13.5. The molecule has 0 saturated carbocycles. The molecule has 2 fully saturated rings. The first-order valence-electron chi connectivity index (χ1n) is 11.1. The van der Waals surface area contributed by atoms with E-state index in [2.05, 4.69) is 10.3 Å². The van der Waals surface area contributed by atoms with Crippen LogP contribution in [0.25, 0.3) is 0 Å². The van der Waals surface area contributed by atoms with Crippen molar-refractivity contribution in [3.8, 4) is 0 Å². The largest absolute Gasteiger partial charge is 0.459 e. The van der Waals surface area contributed by atoms with E-state index in [1.807, 2.05) is 23.6 Å². The molecule has 0 aromatic carbocycles. The van der Waals surface area contributed by atoms with Gasteiger partial charge in [-0.25, -0.2) is 0 Å². The molecule has 3 aromatic rings. The lowest BCUT2D eigenvalue weighted by Gasteiger charge is -2.44. The summed E-state index contributed by atoms with van der Waals surface area (Å²) in [5.74, 6) is -0.581. The topological polar surface area (TPSA) is 105 Å². The molecule has 1 spiro atoms. The zero-order valence-electron chi connectivity index (χ0n) is 18.4. The summed E-state index contributed by atoms with van der Waals surface area (Å²) in [4.78, 5) is 47.4. The number of thiophene rings is 1. The lowest BCUT2D eigenvalue weighted by molar-refractivity contribution is -0.128. The number of carbonyl (C=O) groups excluding carboxylic acids is 3. The van der Waals surface area contributed by atoms with Crippen LogP contribution < -0.4 is 5.32 Å². The van der Waals surface area contributed by atoms with Gasteiger partial charge in [0.2, 0.25) is 5.91 Å². The molecule has 1 atom stereocenters. The third-order valence-electron chi connectivity index (χ3n) is 6.29. The van der Waals surface area contributed by atoms with Gasteiger partial charge < -0.3 is 19.4 Å². The van der Waals surface area contributed by atoms with Gasteiger partial charge in [0, 0.05) is 44.9 Å². The van der Waals surface area contributed by atoms with E-state index in [1.54, 1.807) is 35.5 Å². The number of amides is 3. The number of rotatable bonds is 5. The number of carbonyl (C=O) groups is 3. The number of aromatic nitrogens is 1. The van der Waals surface area contributed by atoms with Gasteiger partial charge in [-0.15, -0.1) is 11.3 Å². The fraction of sp³-hybridized carbons (Fsp3) is 0.333. The number of nitrogens with one attached hydrogen (secondary N) is 1. The van der Waals surface area contributed by atoms with Crippen molar-refractivity contribution >= 4 is 29.1 Å². The SMILES string of the molecule is O=C(NCc1ccncc1)C1COC2(CCN(C(=O)c3cccs3)CC2)N1C(=O)c1ccco1. The maximum Gasteiger partial charge on any atom is 0.292 e. The lowest BCUT2D eigenvalue weighted by atomic mass is 9.97. The number of ether oxygens (including phenoxy) is 1. The molecular weight excluding hydrogens is 456 g/mol. The van der Waals surface area contributed by atoms with Crippen molar-refractivity contribution in [2.24, 2.45) is 0 Å². The molecule has 1 unspecified atom stereocenters. The molecule has 0 radical (unpaired) electrons. The standard InChI is InChI=1S/C24H24N4O5S/c29-21(26-15-17-5-9-25-10-6-17)18-16-33-24(28(18)22(30)19-3-1-13-32-19)7-11-27(12-8-24)23(31)20-4-2-14-34-20/h1-6,9-10,13-14,18H,7-8,11-12,15-16H2,(H,26,29). The smallest absolute Gasteiger partial charge is 0.292 e. The van der Waals surface area contributed by atoms with E-state index in [4.69, 9.17) is 9.15 Å². The van der Waals surface area contributed by atoms with Crippen LogP contribution in [0.4, 0.5) is 0 Å². The van der Waals surface area contributed by atoms with Crippen molar-refractivity contribution in [3.05, 3.63) is 76.6 Å². The summed E-state index contributed by atoms with van der Waals surface area (Å²) in [7, 11) is 0. The third-order valence-corrected chi connectivity index (χ3v) is 7.15. The summed E-state index contributed by atoms with van der Waals surface area (Å²) in [6, 6.07) is 9.70. The number of furan rings is 1. The molecule has 5 heterocycles. The molecule has 176 valence electrons. The first kappa shape index (κ1) is 22.3. The highest BCUT2D eigenvalue weighted by atomic mass is 32.1. The Bertz CT molecular complexity index is 1140. The summed E-state index contributed by atoms with van der Waals surface area (Å²) < 4.78 is 11.5. The number of hydrogen-bond acceptors (Lipinski definition) is 7. The van der Waals surface area contributed by atoms with E-state index in [-0.39, 0.29) is 24.2 Å². The number of nitrogens with zero attached hydrogens (tertiary/aromatic N) is 3. The van der Waals surface area contributed by atoms with E-state index >= 15 is 0 Å². The van der Waals surface area contributed by atoms with Crippen molar-refractivity contribution in [1.29, 1.82) is 0 Å². The van der Waals surface area contributed by atoms with E-state index < -0.39 is 17.7 Å². The Morgan fingerprint density at radius 1 is 1.09 bits per heavy atom. The molecular formula is C24H24N4O5S. The second kappa shape index (κ2) is 9.40. The quantitative estimate of drug-likeness (QED) is 0.602. The van der Waals surface area contributed by atoms with Crippen LogP contribution in [0.3, 0.4) is 0 Å². The highest BCUT2D eigenvalue weighted by Crippen LogP contribution is 2.39. The van der Waals surface area contributed by atoms with Gasteiger partial charge in [-0.1, -0.05) is 6.07 Å². The summed E-state index contributed by atoms with van der Waals surface area (Å²) in [6.07, 6.45) is 5.56. The molecule has 2 aliphatic heterocycles. The average molecular weight is 481 g/mol. The lowest BCUT2D eigenvalue weighted by Crippen LogP contribution is -2.59. The predicted molar refractivity (Wildman–Crippen MR) is 123 cm³/mol. The van der Waals surface area contributed by atoms with Gasteiger partial charge >= 0.3 is 0 Å². The first-order valence-corrected chi connectivity index (χ1v) is 12.0. The first-order chi connectivity index (χ1) is 16.6. The van der Waals surface area contributed by atoms with E-state index in [0.29, 0.717) is 37.4 Å². The van der Waals surface area contributed by atoms with Gasteiger partial charge in [-0.2, -0.15) is 0 Å². The molecule has 0 aliphatic carbocycles. The average Bonchev–Trinajstić information content (AvgIpc) is 3.65. The zero-order chi connectivity index (χ0) is 23.5. The van der Waals surface area contributed by atoms with Gasteiger partial charge in [-0.3, -0.25) is 24.3 Å². The van der Waals surface area contributed by atoms with Crippen molar-refractivity contribution in [2.75, 3.05) is 19.7 Å². The highest BCUT2D eigenvalue weighted by Gasteiger charge is 2.54. The summed E-state index contributed by atoms with van der Waals surface area (Å²) >= 11 is 1.40. The number of likely N-dealkylation sites (tertiary alicyclic amines) is 1. The maximum absolute atomic E-state index is 13.5. The zero-order valence-corrected chi connectivity index (χ0v) is 19.2. The molecule has 9 nitrogen and oxygen atoms in total. The molecule has 34 heavy (non-hydrogen) atoms. The molecule has 2 saturated heterocycles. The van der Waals surface area contributed by atoms with Crippen LogP contribution in [-0.2, 0) is 16.1 Å². The van der Waals surface area contributed by atoms with Crippen LogP contribution in [0.2, 0.25) is 0 Å². The van der Waals surface area contributed by atoms with Crippen molar-refractivity contribution in [1.82, 2.24) is 20.1 Å². The van der Waals surface area contributed by atoms with Crippen LogP contribution in [0, 0.1) is 0 Å². The van der Waals surface area contributed by atoms with Gasteiger partial charge in [0.15, 0.2) is 5.76 Å². The summed E-state index contributed by atoms with van der Waals surface area (Å²) in [5, 5.41) is 4.78. The van der Waals surface area contributed by atoms with Crippen LogP contribution in [0.5, 0.6) is 0 Å². The Morgan fingerprint density at radius 2 is 1.88 bits per heavy atom. The predicted octanol–water partition coefficient (Wildman–Crippen LogP) is 2.53. The van der Waals surface area contributed by atoms with Crippen molar-refractivity contribution < 1.29 is 23.5 Å². The third kappa shape index (κ3) is 4.22. The van der Waals surface area contributed by atoms with E-state index in [0.717, 1.165) is 5.56 Å². The molecule has 5 rings (SSSR count). The minimum absolute atomic E-state index is 0.0293. The monoisotopic (exact) mass is 480 g/mol. The second-order valence-corrected chi connectivity index (χ2v) is 9.22. The fourth-order valence-corrected chi connectivity index (χ4v) is 5.20. The van der Waals surface area contributed by atoms with Crippen molar-refractivity contribution in [3.63, 3.8) is 0 Å². The second-order valence-electron chi connectivity index (χ2n) is 8.27. The van der Waals surface area contributed by atoms with E-state index in [1.165, 1.54) is 22.5 Å². The Kier molecular flexibility index (Phi) is 6.16. The van der Waals surface area contributed by atoms with Gasteiger partial charge in [0.1, 0.15) is 11.8 Å². The number of piperidine rings is 1. The molecule has 3 amide bonds. The van der Waals surface area contributed by atoms with Crippen LogP contribution >= 0.6 is 11.3 Å². The van der Waals surface area contributed by atoms with Crippen LogP contribution in [0.15, 0.2) is 64.9 Å². The summed E-state index contributed by atoms with van der Waals surface area (Å²) in [6.45, 7) is 1.23. The number of pyridine rings is 1. The van der Waals surface area contributed by atoms with Gasteiger partial charge in [0.05, 0.1) is 17.7 Å². The van der Waals surface area contributed by atoms with Crippen LogP contribution in [0.1, 0.15) is 38.6 Å². The minimum atomic E-state index is -0.977.